The number of hydrogen-bond donors (Lipinski definition) is 1. The number of hydrogen-bond acceptors (Lipinski definition) is 4. The lowest BCUT2D eigenvalue weighted by Crippen LogP contribution is -1.97. The largest absolute Gasteiger partial charge is 0.386 e. The second-order valence-electron chi connectivity index (χ2n) is 3.14. The first-order valence-corrected chi connectivity index (χ1v) is 5.03. The van der Waals surface area contributed by atoms with Gasteiger partial charge in [-0.15, -0.1) is 11.3 Å². The summed E-state index contributed by atoms with van der Waals surface area (Å²) in [5, 5.41) is 20.6. The molecule has 0 saturated carbocycles. The van der Waals surface area contributed by atoms with Crippen molar-refractivity contribution in [2.45, 2.75) is 32.3 Å². The topological polar surface area (TPSA) is 56.9 Å². The highest BCUT2D eigenvalue weighted by Crippen LogP contribution is 2.23. The van der Waals surface area contributed by atoms with Crippen LogP contribution in [0.4, 0.5) is 0 Å². The van der Waals surface area contributed by atoms with Gasteiger partial charge in [0.15, 0.2) is 0 Å². The van der Waals surface area contributed by atoms with Gasteiger partial charge in [0.1, 0.15) is 6.10 Å². The lowest BCUT2D eigenvalue weighted by atomic mass is 10.2. The summed E-state index contributed by atoms with van der Waals surface area (Å²) in [6.45, 7) is 4.11. The summed E-state index contributed by atoms with van der Waals surface area (Å²) in [5.74, 6) is 0.382. The van der Waals surface area contributed by atoms with Gasteiger partial charge >= 0.3 is 0 Å². The lowest BCUT2D eigenvalue weighted by molar-refractivity contribution is 0.179. The SMILES string of the molecule is CC(C)c1nc(C(O)CC#N)cs1. The van der Waals surface area contributed by atoms with Crippen LogP contribution in [0, 0.1) is 11.3 Å². The Balaban J connectivity index is 2.74. The Kier molecular flexibility index (Phi) is 3.40. The van der Waals surface area contributed by atoms with Crippen molar-refractivity contribution in [2.24, 2.45) is 0 Å². The molecule has 13 heavy (non-hydrogen) atoms. The van der Waals surface area contributed by atoms with Crippen LogP contribution in [0.2, 0.25) is 0 Å². The number of thiazole rings is 1. The molecular formula is C9H12N2OS. The van der Waals surface area contributed by atoms with Crippen LogP contribution < -0.4 is 0 Å². The molecular weight excluding hydrogens is 184 g/mol. The van der Waals surface area contributed by atoms with E-state index in [1.807, 2.05) is 11.4 Å². The van der Waals surface area contributed by atoms with Crippen molar-refractivity contribution >= 4 is 11.3 Å². The molecule has 0 amide bonds. The molecule has 70 valence electrons. The molecule has 0 bridgehead atoms. The van der Waals surface area contributed by atoms with E-state index in [2.05, 4.69) is 18.8 Å². The summed E-state index contributed by atoms with van der Waals surface area (Å²) < 4.78 is 0. The zero-order valence-electron chi connectivity index (χ0n) is 7.69. The van der Waals surface area contributed by atoms with Crippen molar-refractivity contribution in [3.63, 3.8) is 0 Å². The Labute approximate surface area is 81.7 Å². The first kappa shape index (κ1) is 10.2. The Hall–Kier alpha value is -0.920. The van der Waals surface area contributed by atoms with E-state index in [0.717, 1.165) is 5.01 Å². The molecule has 0 aliphatic heterocycles. The van der Waals surface area contributed by atoms with E-state index < -0.39 is 6.10 Å². The van der Waals surface area contributed by atoms with Gasteiger partial charge in [0.2, 0.25) is 0 Å². The van der Waals surface area contributed by atoms with E-state index in [4.69, 9.17) is 5.26 Å². The Morgan fingerprint density at radius 2 is 2.38 bits per heavy atom. The van der Waals surface area contributed by atoms with E-state index in [9.17, 15) is 5.11 Å². The zero-order chi connectivity index (χ0) is 9.84. The van der Waals surface area contributed by atoms with Crippen LogP contribution in [-0.4, -0.2) is 10.1 Å². The van der Waals surface area contributed by atoms with Crippen LogP contribution >= 0.6 is 11.3 Å². The van der Waals surface area contributed by atoms with Crippen molar-refractivity contribution in [3.05, 3.63) is 16.1 Å². The molecule has 1 N–H and O–H groups in total. The van der Waals surface area contributed by atoms with E-state index >= 15 is 0 Å². The predicted molar refractivity (Wildman–Crippen MR) is 51.4 cm³/mol. The standard InChI is InChI=1S/C9H12N2OS/c1-6(2)9-11-7(5-13-9)8(12)3-4-10/h5-6,8,12H,3H2,1-2H3. The minimum Gasteiger partial charge on any atom is -0.386 e. The molecule has 0 spiro atoms. The maximum absolute atomic E-state index is 9.44. The minimum atomic E-state index is -0.728. The number of aromatic nitrogens is 1. The molecule has 0 aromatic carbocycles. The second-order valence-corrected chi connectivity index (χ2v) is 4.03. The third-order valence-electron chi connectivity index (χ3n) is 1.66. The first-order valence-electron chi connectivity index (χ1n) is 4.15. The minimum absolute atomic E-state index is 0.112. The summed E-state index contributed by atoms with van der Waals surface area (Å²) in [7, 11) is 0. The van der Waals surface area contributed by atoms with Crippen molar-refractivity contribution < 1.29 is 5.11 Å². The Bertz CT molecular complexity index is 314. The molecule has 1 rings (SSSR count). The number of nitriles is 1. The Morgan fingerprint density at radius 1 is 1.69 bits per heavy atom. The fourth-order valence-electron chi connectivity index (χ4n) is 0.910. The quantitative estimate of drug-likeness (QED) is 0.806. The summed E-state index contributed by atoms with van der Waals surface area (Å²) in [6.07, 6.45) is -0.616. The van der Waals surface area contributed by atoms with Gasteiger partial charge in [-0.1, -0.05) is 13.8 Å². The van der Waals surface area contributed by atoms with Crippen LogP contribution in [0.5, 0.6) is 0 Å². The normalized spacial score (nSPS) is 12.8. The maximum atomic E-state index is 9.44. The van der Waals surface area contributed by atoms with E-state index in [1.54, 1.807) is 0 Å². The number of aliphatic hydroxyl groups is 1. The van der Waals surface area contributed by atoms with Crippen LogP contribution in [-0.2, 0) is 0 Å². The van der Waals surface area contributed by atoms with Crippen molar-refractivity contribution in [3.8, 4) is 6.07 Å². The smallest absolute Gasteiger partial charge is 0.110 e. The molecule has 0 fully saturated rings. The second kappa shape index (κ2) is 4.35. The van der Waals surface area contributed by atoms with Crippen LogP contribution in [0.3, 0.4) is 0 Å². The van der Waals surface area contributed by atoms with Gasteiger partial charge in [-0.3, -0.25) is 0 Å². The molecule has 1 aromatic rings. The lowest BCUT2D eigenvalue weighted by Gasteiger charge is -2.01. The van der Waals surface area contributed by atoms with Gasteiger partial charge in [-0.05, 0) is 0 Å². The molecule has 1 atom stereocenters. The van der Waals surface area contributed by atoms with E-state index in [0.29, 0.717) is 11.6 Å². The fraction of sp³-hybridized carbons (Fsp3) is 0.556. The van der Waals surface area contributed by atoms with Crippen LogP contribution in [0.25, 0.3) is 0 Å². The van der Waals surface area contributed by atoms with Gasteiger partial charge < -0.3 is 5.11 Å². The van der Waals surface area contributed by atoms with Gasteiger partial charge in [0.25, 0.3) is 0 Å². The maximum Gasteiger partial charge on any atom is 0.110 e. The van der Waals surface area contributed by atoms with E-state index in [1.165, 1.54) is 11.3 Å². The van der Waals surface area contributed by atoms with Gasteiger partial charge in [0, 0.05) is 11.3 Å². The molecule has 1 heterocycles. The molecule has 4 heteroatoms. The summed E-state index contributed by atoms with van der Waals surface area (Å²) in [6, 6.07) is 1.92. The third kappa shape index (κ3) is 2.51. The Morgan fingerprint density at radius 3 is 2.85 bits per heavy atom. The number of nitrogens with zero attached hydrogens (tertiary/aromatic N) is 2. The number of rotatable bonds is 3. The van der Waals surface area contributed by atoms with Crippen molar-refractivity contribution in [1.82, 2.24) is 4.98 Å². The van der Waals surface area contributed by atoms with Crippen LogP contribution in [0.1, 0.15) is 43.0 Å². The predicted octanol–water partition coefficient (Wildman–Crippen LogP) is 2.21. The van der Waals surface area contributed by atoms with Gasteiger partial charge in [-0.2, -0.15) is 5.26 Å². The van der Waals surface area contributed by atoms with Gasteiger partial charge in [0.05, 0.1) is 23.2 Å². The molecule has 0 saturated heterocycles. The van der Waals surface area contributed by atoms with E-state index in [-0.39, 0.29) is 6.42 Å². The molecule has 0 aliphatic rings. The summed E-state index contributed by atoms with van der Waals surface area (Å²) in [4.78, 5) is 4.25. The summed E-state index contributed by atoms with van der Waals surface area (Å²) >= 11 is 1.53. The average molecular weight is 196 g/mol. The fourth-order valence-corrected chi connectivity index (χ4v) is 1.79. The van der Waals surface area contributed by atoms with Crippen LogP contribution in [0.15, 0.2) is 5.38 Å². The summed E-state index contributed by atoms with van der Waals surface area (Å²) in [5.41, 5.74) is 0.621. The monoisotopic (exact) mass is 196 g/mol. The molecule has 1 unspecified atom stereocenters. The first-order chi connectivity index (χ1) is 6.15. The molecule has 0 radical (unpaired) electrons. The highest BCUT2D eigenvalue weighted by Gasteiger charge is 2.12. The number of aliphatic hydroxyl groups excluding tert-OH is 1. The zero-order valence-corrected chi connectivity index (χ0v) is 8.51. The average Bonchev–Trinajstić information content (AvgIpc) is 2.52. The molecule has 0 aliphatic carbocycles. The van der Waals surface area contributed by atoms with Crippen molar-refractivity contribution in [2.75, 3.05) is 0 Å². The molecule has 1 aromatic heterocycles. The highest BCUT2D eigenvalue weighted by atomic mass is 32.1. The van der Waals surface area contributed by atoms with Gasteiger partial charge in [-0.25, -0.2) is 4.98 Å². The third-order valence-corrected chi connectivity index (χ3v) is 2.82. The molecule has 3 nitrogen and oxygen atoms in total. The highest BCUT2D eigenvalue weighted by molar-refractivity contribution is 7.09. The van der Waals surface area contributed by atoms with Crippen molar-refractivity contribution in [1.29, 1.82) is 5.26 Å².